The minimum Gasteiger partial charge on any atom is -0.495 e. The van der Waals surface area contributed by atoms with Gasteiger partial charge in [0.25, 0.3) is 0 Å². The highest BCUT2D eigenvalue weighted by atomic mass is 16.5. The van der Waals surface area contributed by atoms with Crippen LogP contribution in [0.4, 0.5) is 5.69 Å². The average molecular weight is 216 g/mol. The Labute approximate surface area is 93.2 Å². The summed E-state index contributed by atoms with van der Waals surface area (Å²) in [5.41, 5.74) is 2.52. The summed E-state index contributed by atoms with van der Waals surface area (Å²) < 4.78 is 7.26. The largest absolute Gasteiger partial charge is 0.495 e. The van der Waals surface area contributed by atoms with Gasteiger partial charge in [-0.1, -0.05) is 12.1 Å². The van der Waals surface area contributed by atoms with Crippen molar-refractivity contribution in [2.75, 3.05) is 7.11 Å². The summed E-state index contributed by atoms with van der Waals surface area (Å²) >= 11 is 0. The van der Waals surface area contributed by atoms with Crippen LogP contribution in [0.1, 0.15) is 5.69 Å². The molecule has 16 heavy (non-hydrogen) atoms. The summed E-state index contributed by atoms with van der Waals surface area (Å²) in [6, 6.07) is 5.68. The number of carbonyl (C=O) groups excluding carboxylic acids is 1. The number of rotatable bonds is 2. The molecule has 0 radical (unpaired) electrons. The van der Waals surface area contributed by atoms with E-state index in [1.807, 2.05) is 36.7 Å². The maximum atomic E-state index is 10.4. The third-order valence-corrected chi connectivity index (χ3v) is 2.81. The van der Waals surface area contributed by atoms with Crippen molar-refractivity contribution in [3.05, 3.63) is 23.9 Å². The van der Waals surface area contributed by atoms with E-state index in [-0.39, 0.29) is 0 Å². The van der Waals surface area contributed by atoms with Gasteiger partial charge in [-0.15, -0.1) is 0 Å². The van der Waals surface area contributed by atoms with Gasteiger partial charge >= 0.3 is 0 Å². The van der Waals surface area contributed by atoms with E-state index in [0.29, 0.717) is 5.69 Å². The maximum absolute atomic E-state index is 10.4. The predicted molar refractivity (Wildman–Crippen MR) is 62.0 cm³/mol. The van der Waals surface area contributed by atoms with Crippen molar-refractivity contribution in [1.82, 2.24) is 4.57 Å². The van der Waals surface area contributed by atoms with Crippen molar-refractivity contribution >= 4 is 22.7 Å². The Balaban J connectivity index is 2.94. The molecule has 0 amide bonds. The summed E-state index contributed by atoms with van der Waals surface area (Å²) in [6.07, 6.45) is 1.59. The molecular weight excluding hydrogens is 204 g/mol. The number of aromatic nitrogens is 1. The lowest BCUT2D eigenvalue weighted by atomic mass is 10.2. The summed E-state index contributed by atoms with van der Waals surface area (Å²) in [5, 5.41) is 0.905. The summed E-state index contributed by atoms with van der Waals surface area (Å²) in [5.74, 6) is 0.774. The molecule has 0 fully saturated rings. The van der Waals surface area contributed by atoms with Gasteiger partial charge in [-0.25, -0.2) is 4.79 Å². The molecule has 0 N–H and O–H groups in total. The van der Waals surface area contributed by atoms with Gasteiger partial charge in [0, 0.05) is 18.1 Å². The number of para-hydroxylation sites is 1. The molecule has 0 saturated heterocycles. The number of fused-ring (bicyclic) bond motifs is 1. The first-order valence-electron chi connectivity index (χ1n) is 4.90. The monoisotopic (exact) mass is 216 g/mol. The maximum Gasteiger partial charge on any atom is 0.240 e. The van der Waals surface area contributed by atoms with Gasteiger partial charge in [-0.3, -0.25) is 0 Å². The molecular formula is C12H12N2O2. The second-order valence-electron chi connectivity index (χ2n) is 3.55. The number of aryl methyl sites for hydroxylation is 1. The molecule has 0 unspecified atom stereocenters. The Kier molecular flexibility index (Phi) is 2.50. The van der Waals surface area contributed by atoms with Crippen molar-refractivity contribution < 1.29 is 9.53 Å². The molecule has 4 heteroatoms. The standard InChI is InChI=1S/C12H12N2O2/c1-8-11(13-7-15)9-5-4-6-10(16-3)12(9)14(8)2/h4-6H,1-3H3. The van der Waals surface area contributed by atoms with Crippen LogP contribution in [-0.2, 0) is 11.8 Å². The molecule has 2 aromatic rings. The average Bonchev–Trinajstić information content (AvgIpc) is 2.55. The minimum atomic E-state index is 0.659. The Bertz CT molecular complexity index is 593. The fraction of sp³-hybridized carbons (Fsp3) is 0.250. The van der Waals surface area contributed by atoms with Gasteiger partial charge in [0.05, 0.1) is 12.6 Å². The molecule has 1 heterocycles. The lowest BCUT2D eigenvalue weighted by Gasteiger charge is -2.04. The van der Waals surface area contributed by atoms with E-state index < -0.39 is 0 Å². The van der Waals surface area contributed by atoms with Crippen LogP contribution in [0, 0.1) is 6.92 Å². The van der Waals surface area contributed by atoms with E-state index in [2.05, 4.69) is 4.99 Å². The Morgan fingerprint density at radius 2 is 2.19 bits per heavy atom. The van der Waals surface area contributed by atoms with Crippen LogP contribution in [0.3, 0.4) is 0 Å². The molecule has 82 valence electrons. The molecule has 1 aromatic carbocycles. The Hall–Kier alpha value is -2.06. The van der Waals surface area contributed by atoms with Gasteiger partial charge in [-0.2, -0.15) is 4.99 Å². The molecule has 0 atom stereocenters. The molecule has 0 bridgehead atoms. The third kappa shape index (κ3) is 1.32. The SMILES string of the molecule is COc1cccc2c(N=C=O)c(C)n(C)c12. The number of nitrogens with zero attached hydrogens (tertiary/aromatic N) is 2. The smallest absolute Gasteiger partial charge is 0.240 e. The zero-order chi connectivity index (χ0) is 11.7. The van der Waals surface area contributed by atoms with Gasteiger partial charge in [-0.05, 0) is 13.0 Å². The normalized spacial score (nSPS) is 10.2. The predicted octanol–water partition coefficient (Wildman–Crippen LogP) is 2.46. The molecule has 0 saturated carbocycles. The first-order chi connectivity index (χ1) is 7.70. The molecule has 0 aliphatic heterocycles. The topological polar surface area (TPSA) is 43.6 Å². The van der Waals surface area contributed by atoms with Gasteiger partial charge in [0.2, 0.25) is 6.08 Å². The second-order valence-corrected chi connectivity index (χ2v) is 3.55. The van der Waals surface area contributed by atoms with Crippen molar-refractivity contribution in [2.24, 2.45) is 12.0 Å². The highest BCUT2D eigenvalue weighted by Gasteiger charge is 2.14. The lowest BCUT2D eigenvalue weighted by molar-refractivity contribution is 0.418. The van der Waals surface area contributed by atoms with Crippen LogP contribution < -0.4 is 4.74 Å². The van der Waals surface area contributed by atoms with Crippen LogP contribution >= 0.6 is 0 Å². The van der Waals surface area contributed by atoms with Crippen molar-refractivity contribution in [2.45, 2.75) is 6.92 Å². The highest BCUT2D eigenvalue weighted by Crippen LogP contribution is 2.36. The fourth-order valence-corrected chi connectivity index (χ4v) is 1.93. The number of benzene rings is 1. The summed E-state index contributed by atoms with van der Waals surface area (Å²) in [4.78, 5) is 14.2. The second kappa shape index (κ2) is 3.83. The molecule has 0 aliphatic carbocycles. The first kappa shape index (κ1) is 10.5. The van der Waals surface area contributed by atoms with Gasteiger partial charge in [0.1, 0.15) is 11.4 Å². The van der Waals surface area contributed by atoms with Crippen LogP contribution in [0.5, 0.6) is 5.75 Å². The number of ether oxygens (including phenoxy) is 1. The third-order valence-electron chi connectivity index (χ3n) is 2.81. The zero-order valence-electron chi connectivity index (χ0n) is 9.44. The van der Waals surface area contributed by atoms with Crippen LogP contribution in [0.15, 0.2) is 23.2 Å². The Morgan fingerprint density at radius 1 is 1.44 bits per heavy atom. The number of isocyanates is 1. The quantitative estimate of drug-likeness (QED) is 0.571. The van der Waals surface area contributed by atoms with E-state index in [1.54, 1.807) is 13.2 Å². The van der Waals surface area contributed by atoms with Crippen LogP contribution in [-0.4, -0.2) is 17.8 Å². The van der Waals surface area contributed by atoms with E-state index >= 15 is 0 Å². The van der Waals surface area contributed by atoms with Crippen LogP contribution in [0.2, 0.25) is 0 Å². The molecule has 0 spiro atoms. The number of aliphatic imine (C=N–C) groups is 1. The van der Waals surface area contributed by atoms with Gasteiger partial charge < -0.3 is 9.30 Å². The molecule has 4 nitrogen and oxygen atoms in total. The van der Waals surface area contributed by atoms with E-state index in [1.165, 1.54) is 0 Å². The number of hydrogen-bond acceptors (Lipinski definition) is 3. The molecule has 1 aromatic heterocycles. The summed E-state index contributed by atoms with van der Waals surface area (Å²) in [6.45, 7) is 1.91. The number of hydrogen-bond donors (Lipinski definition) is 0. The van der Waals surface area contributed by atoms with Gasteiger partial charge in [0.15, 0.2) is 0 Å². The lowest BCUT2D eigenvalue weighted by Crippen LogP contribution is -1.92. The highest BCUT2D eigenvalue weighted by molar-refractivity contribution is 5.97. The van der Waals surface area contributed by atoms with Crippen LogP contribution in [0.25, 0.3) is 10.9 Å². The van der Waals surface area contributed by atoms with E-state index in [9.17, 15) is 4.79 Å². The minimum absolute atomic E-state index is 0.659. The van der Waals surface area contributed by atoms with Crippen molar-refractivity contribution in [3.63, 3.8) is 0 Å². The van der Waals surface area contributed by atoms with E-state index in [0.717, 1.165) is 22.3 Å². The molecule has 0 aliphatic rings. The summed E-state index contributed by atoms with van der Waals surface area (Å²) in [7, 11) is 3.55. The molecule has 2 rings (SSSR count). The Morgan fingerprint density at radius 3 is 2.81 bits per heavy atom. The number of methoxy groups -OCH3 is 1. The first-order valence-corrected chi connectivity index (χ1v) is 4.90. The van der Waals surface area contributed by atoms with Crippen molar-refractivity contribution in [3.8, 4) is 5.75 Å². The zero-order valence-corrected chi connectivity index (χ0v) is 9.44. The van der Waals surface area contributed by atoms with E-state index in [4.69, 9.17) is 4.74 Å². The fourth-order valence-electron chi connectivity index (χ4n) is 1.93. The van der Waals surface area contributed by atoms with Crippen molar-refractivity contribution in [1.29, 1.82) is 0 Å².